The quantitative estimate of drug-likeness (QED) is 0.267. The van der Waals surface area contributed by atoms with Crippen LogP contribution < -0.4 is 10.5 Å². The average molecular weight is 532 g/mol. The van der Waals surface area contributed by atoms with Gasteiger partial charge in [0.2, 0.25) is 0 Å². The van der Waals surface area contributed by atoms with Crippen LogP contribution in [0, 0.1) is 0 Å². The number of para-hydroxylation sites is 1. The highest BCUT2D eigenvalue weighted by atomic mass is 32.2. The van der Waals surface area contributed by atoms with Gasteiger partial charge >= 0.3 is 0 Å². The highest BCUT2D eigenvalue weighted by Crippen LogP contribution is 2.37. The molecule has 2 aliphatic heterocycles. The van der Waals surface area contributed by atoms with Crippen LogP contribution >= 0.6 is 24.0 Å². The number of thioether (sulfide) groups is 1. The summed E-state index contributed by atoms with van der Waals surface area (Å²) in [6.07, 6.45) is 8.16. The molecule has 0 radical (unpaired) electrons. The normalized spacial score (nSPS) is 17.7. The van der Waals surface area contributed by atoms with E-state index < -0.39 is 0 Å². The average Bonchev–Trinajstić information content (AvgIpc) is 3.08. The molecular formula is C30H33N3O2S2. The lowest BCUT2D eigenvalue weighted by Gasteiger charge is -2.27. The van der Waals surface area contributed by atoms with Gasteiger partial charge in [-0.2, -0.15) is 0 Å². The van der Waals surface area contributed by atoms with Crippen molar-refractivity contribution in [1.29, 1.82) is 0 Å². The standard InChI is InChI=1S/C30H33N3O2S2/c1-2-32-25-17-9-8-16-23(25)27(31-18-10-3-4-11-19-31)24(28(32)34)21-26-29(35)33(30(36)37-26)20-12-15-22-13-6-5-7-14-22/h5-9,13-14,16-17,21H,2-4,10-12,15,18-20H2,1H3. The molecule has 1 aromatic heterocycles. The number of anilines is 1. The van der Waals surface area contributed by atoms with Crippen LogP contribution in [0.2, 0.25) is 0 Å². The maximum atomic E-state index is 13.9. The first-order valence-electron chi connectivity index (χ1n) is 13.3. The van der Waals surface area contributed by atoms with Crippen molar-refractivity contribution in [2.24, 2.45) is 0 Å². The Kier molecular flexibility index (Phi) is 8.11. The second kappa shape index (κ2) is 11.7. The molecule has 5 nitrogen and oxygen atoms in total. The van der Waals surface area contributed by atoms with Gasteiger partial charge in [0.05, 0.1) is 21.7 Å². The molecule has 2 aromatic carbocycles. The van der Waals surface area contributed by atoms with E-state index in [1.807, 2.05) is 54.0 Å². The van der Waals surface area contributed by atoms with Crippen molar-refractivity contribution in [3.8, 4) is 0 Å². The number of aryl methyl sites for hydroxylation is 2. The fraction of sp³-hybridized carbons (Fsp3) is 0.367. The van der Waals surface area contributed by atoms with Crippen molar-refractivity contribution in [2.45, 2.75) is 52.0 Å². The number of hydrogen-bond donors (Lipinski definition) is 0. The Balaban J connectivity index is 1.51. The van der Waals surface area contributed by atoms with Gasteiger partial charge in [0.25, 0.3) is 11.5 Å². The van der Waals surface area contributed by atoms with Gasteiger partial charge in [-0.15, -0.1) is 0 Å². The van der Waals surface area contributed by atoms with Gasteiger partial charge in [-0.05, 0) is 50.3 Å². The Morgan fingerprint density at radius 1 is 0.946 bits per heavy atom. The molecule has 2 aliphatic rings. The molecule has 3 heterocycles. The fourth-order valence-corrected chi connectivity index (χ4v) is 6.69. The minimum Gasteiger partial charge on any atom is -0.370 e. The number of pyridine rings is 1. The molecule has 0 spiro atoms. The molecule has 0 saturated carbocycles. The Morgan fingerprint density at radius 2 is 1.65 bits per heavy atom. The summed E-state index contributed by atoms with van der Waals surface area (Å²) in [6.45, 7) is 4.98. The summed E-state index contributed by atoms with van der Waals surface area (Å²) < 4.78 is 2.39. The van der Waals surface area contributed by atoms with Gasteiger partial charge in [-0.3, -0.25) is 14.5 Å². The van der Waals surface area contributed by atoms with E-state index in [0.29, 0.717) is 27.9 Å². The largest absolute Gasteiger partial charge is 0.370 e. The van der Waals surface area contributed by atoms with Crippen molar-refractivity contribution in [3.63, 3.8) is 0 Å². The molecule has 37 heavy (non-hydrogen) atoms. The smallest absolute Gasteiger partial charge is 0.266 e. The van der Waals surface area contributed by atoms with Gasteiger partial charge < -0.3 is 9.47 Å². The van der Waals surface area contributed by atoms with Crippen LogP contribution in [0.25, 0.3) is 17.0 Å². The number of carbonyl (C=O) groups is 1. The highest BCUT2D eigenvalue weighted by Gasteiger charge is 2.32. The third-order valence-corrected chi connectivity index (χ3v) is 8.64. The third-order valence-electron chi connectivity index (χ3n) is 7.26. The van der Waals surface area contributed by atoms with Crippen LogP contribution in [-0.4, -0.2) is 39.3 Å². The Hall–Kier alpha value is -2.90. The molecule has 1 amide bonds. The maximum Gasteiger partial charge on any atom is 0.266 e. The molecule has 3 aromatic rings. The van der Waals surface area contributed by atoms with Crippen LogP contribution in [0.15, 0.2) is 64.3 Å². The molecule has 0 bridgehead atoms. The third kappa shape index (κ3) is 5.39. The van der Waals surface area contributed by atoms with E-state index in [1.165, 1.54) is 30.2 Å². The van der Waals surface area contributed by atoms with Gasteiger partial charge in [-0.25, -0.2) is 0 Å². The van der Waals surface area contributed by atoms with E-state index in [2.05, 4.69) is 23.1 Å². The fourth-order valence-electron chi connectivity index (χ4n) is 5.40. The number of carbonyl (C=O) groups excluding carboxylic acids is 1. The van der Waals surface area contributed by atoms with Crippen molar-refractivity contribution < 1.29 is 4.79 Å². The second-order valence-corrected chi connectivity index (χ2v) is 11.3. The zero-order valence-electron chi connectivity index (χ0n) is 21.3. The number of aromatic nitrogens is 1. The predicted molar refractivity (Wildman–Crippen MR) is 159 cm³/mol. The Morgan fingerprint density at radius 3 is 2.38 bits per heavy atom. The number of thiocarbonyl (C=S) groups is 1. The van der Waals surface area contributed by atoms with Crippen molar-refractivity contribution in [1.82, 2.24) is 9.47 Å². The number of benzene rings is 2. The molecule has 5 rings (SSSR count). The van der Waals surface area contributed by atoms with Gasteiger partial charge in [0.15, 0.2) is 0 Å². The summed E-state index contributed by atoms with van der Waals surface area (Å²) in [7, 11) is 0. The molecule has 0 atom stereocenters. The highest BCUT2D eigenvalue weighted by molar-refractivity contribution is 8.26. The SMILES string of the molecule is CCn1c(=O)c(C=C2SC(=S)N(CCCc3ccccc3)C2=O)c(N2CCCCCC2)c2ccccc21. The first-order chi connectivity index (χ1) is 18.1. The zero-order valence-corrected chi connectivity index (χ0v) is 23.0. The lowest BCUT2D eigenvalue weighted by molar-refractivity contribution is -0.122. The topological polar surface area (TPSA) is 45.6 Å². The molecule has 0 N–H and O–H groups in total. The summed E-state index contributed by atoms with van der Waals surface area (Å²) in [6, 6.07) is 18.4. The zero-order chi connectivity index (χ0) is 25.8. The molecule has 7 heteroatoms. The monoisotopic (exact) mass is 531 g/mol. The number of hydrogen-bond acceptors (Lipinski definition) is 5. The molecule has 0 aliphatic carbocycles. The van der Waals surface area contributed by atoms with Crippen molar-refractivity contribution >= 4 is 56.9 Å². The number of fused-ring (bicyclic) bond motifs is 1. The molecule has 2 fully saturated rings. The molecule has 0 unspecified atom stereocenters. The van der Waals surface area contributed by atoms with E-state index in [-0.39, 0.29) is 11.5 Å². The van der Waals surface area contributed by atoms with Gasteiger partial charge in [0.1, 0.15) is 4.32 Å². The lowest BCUT2D eigenvalue weighted by Crippen LogP contribution is -2.31. The Bertz CT molecular complexity index is 1390. The van der Waals surface area contributed by atoms with Gasteiger partial charge in [-0.1, -0.05) is 85.4 Å². The van der Waals surface area contributed by atoms with E-state index in [9.17, 15) is 9.59 Å². The Labute approximate surface area is 228 Å². The molecule has 2 saturated heterocycles. The lowest BCUT2D eigenvalue weighted by atomic mass is 10.1. The van der Waals surface area contributed by atoms with Crippen LogP contribution in [-0.2, 0) is 17.8 Å². The maximum absolute atomic E-state index is 13.9. The van der Waals surface area contributed by atoms with Crippen LogP contribution in [0.5, 0.6) is 0 Å². The summed E-state index contributed by atoms with van der Waals surface area (Å²) >= 11 is 6.92. The van der Waals surface area contributed by atoms with Crippen LogP contribution in [0.1, 0.15) is 50.2 Å². The second-order valence-electron chi connectivity index (χ2n) is 9.65. The van der Waals surface area contributed by atoms with Crippen molar-refractivity contribution in [3.05, 3.63) is 81.0 Å². The summed E-state index contributed by atoms with van der Waals surface area (Å²) in [5, 5.41) is 1.07. The van der Waals surface area contributed by atoms with E-state index in [4.69, 9.17) is 12.2 Å². The minimum atomic E-state index is -0.0968. The number of rotatable bonds is 7. The van der Waals surface area contributed by atoms with E-state index >= 15 is 0 Å². The minimum absolute atomic E-state index is 0.0465. The van der Waals surface area contributed by atoms with Crippen molar-refractivity contribution in [2.75, 3.05) is 24.5 Å². The van der Waals surface area contributed by atoms with Gasteiger partial charge in [0, 0.05) is 31.6 Å². The number of nitrogens with zero attached hydrogens (tertiary/aromatic N) is 3. The summed E-state index contributed by atoms with van der Waals surface area (Å²) in [5.74, 6) is -0.0968. The summed E-state index contributed by atoms with van der Waals surface area (Å²) in [4.78, 5) is 31.9. The van der Waals surface area contributed by atoms with E-state index in [0.717, 1.165) is 55.4 Å². The van der Waals surface area contributed by atoms with Crippen LogP contribution in [0.4, 0.5) is 5.69 Å². The first-order valence-corrected chi connectivity index (χ1v) is 14.5. The first kappa shape index (κ1) is 25.7. The van der Waals surface area contributed by atoms with E-state index in [1.54, 1.807) is 4.90 Å². The molecular weight excluding hydrogens is 498 g/mol. The number of amides is 1. The summed E-state index contributed by atoms with van der Waals surface area (Å²) in [5.41, 5.74) is 3.71. The molecule has 192 valence electrons. The predicted octanol–water partition coefficient (Wildman–Crippen LogP) is 6.24. The van der Waals surface area contributed by atoms with Crippen LogP contribution in [0.3, 0.4) is 0 Å².